The number of nitrogens with zero attached hydrogens (tertiary/aromatic N) is 5. The molecule has 3 aromatic rings. The van der Waals surface area contributed by atoms with Crippen molar-refractivity contribution in [1.29, 1.82) is 0 Å². The minimum absolute atomic E-state index is 0.0613. The Hall–Kier alpha value is -3.35. The van der Waals surface area contributed by atoms with Crippen LogP contribution in [0.5, 0.6) is 0 Å². The maximum Gasteiger partial charge on any atom is 0.272 e. The van der Waals surface area contributed by atoms with Crippen LogP contribution in [0.2, 0.25) is 0 Å². The highest BCUT2D eigenvalue weighted by Crippen LogP contribution is 2.32. The summed E-state index contributed by atoms with van der Waals surface area (Å²) < 4.78 is 26.9. The number of pyridine rings is 1. The first kappa shape index (κ1) is 20.5. The zero-order chi connectivity index (χ0) is 22.1. The van der Waals surface area contributed by atoms with Gasteiger partial charge in [-0.15, -0.1) is 5.10 Å². The largest absolute Gasteiger partial charge is 0.353 e. The van der Waals surface area contributed by atoms with Gasteiger partial charge in [-0.3, -0.25) is 0 Å². The number of anilines is 2. The molecular formula is C25H25F2N5. The molecule has 3 heterocycles. The summed E-state index contributed by atoms with van der Waals surface area (Å²) in [6.07, 6.45) is 7.26. The van der Waals surface area contributed by atoms with Crippen molar-refractivity contribution in [3.63, 3.8) is 0 Å². The Bertz CT molecular complexity index is 1120. The summed E-state index contributed by atoms with van der Waals surface area (Å²) in [5.41, 5.74) is 4.62. The van der Waals surface area contributed by atoms with Crippen molar-refractivity contribution in [2.24, 2.45) is 0 Å². The molecule has 164 valence electrons. The molecular weight excluding hydrogens is 408 g/mol. The standard InChI is InChI=1S/C25H25F2N5/c1-25(26,27)19-10-11-23(28-17-19)31-12-14-32(15-13-31)24-21-9-5-8-20(21)22(29-30-24)16-18-6-3-2-4-7-18/h2-8,10-11,17H,9,12-16H2,1H3. The van der Waals surface area contributed by atoms with Crippen LogP contribution < -0.4 is 9.80 Å². The second-order valence-electron chi connectivity index (χ2n) is 8.40. The lowest BCUT2D eigenvalue weighted by Crippen LogP contribution is -2.47. The Balaban J connectivity index is 1.29. The fourth-order valence-corrected chi connectivity index (χ4v) is 4.36. The summed E-state index contributed by atoms with van der Waals surface area (Å²) in [6, 6.07) is 13.5. The van der Waals surface area contributed by atoms with Crippen molar-refractivity contribution in [2.45, 2.75) is 25.7 Å². The van der Waals surface area contributed by atoms with Gasteiger partial charge < -0.3 is 9.80 Å². The van der Waals surface area contributed by atoms with Crippen molar-refractivity contribution in [3.05, 3.63) is 82.7 Å². The fraction of sp³-hybridized carbons (Fsp3) is 0.320. The van der Waals surface area contributed by atoms with Gasteiger partial charge in [0, 0.05) is 62.4 Å². The highest BCUT2D eigenvalue weighted by atomic mass is 19.3. The molecule has 5 rings (SSSR count). The molecule has 1 aliphatic heterocycles. The number of halogens is 2. The van der Waals surface area contributed by atoms with Crippen molar-refractivity contribution in [2.75, 3.05) is 36.0 Å². The molecule has 1 aliphatic carbocycles. The van der Waals surface area contributed by atoms with Crippen LogP contribution in [0, 0.1) is 0 Å². The third-order valence-electron chi connectivity index (χ3n) is 6.15. The molecule has 2 aliphatic rings. The quantitative estimate of drug-likeness (QED) is 0.594. The molecule has 0 unspecified atom stereocenters. The number of allylic oxidation sites excluding steroid dienone is 1. The first-order chi connectivity index (χ1) is 15.5. The molecule has 0 N–H and O–H groups in total. The van der Waals surface area contributed by atoms with E-state index in [0.29, 0.717) is 0 Å². The average molecular weight is 434 g/mol. The van der Waals surface area contributed by atoms with E-state index in [1.54, 1.807) is 6.07 Å². The molecule has 0 spiro atoms. The highest BCUT2D eigenvalue weighted by Gasteiger charge is 2.27. The molecule has 1 aromatic carbocycles. The van der Waals surface area contributed by atoms with Crippen LogP contribution in [0.4, 0.5) is 20.4 Å². The third kappa shape index (κ3) is 4.07. The number of hydrogen-bond acceptors (Lipinski definition) is 5. The second kappa shape index (κ2) is 8.30. The van der Waals surface area contributed by atoms with Gasteiger partial charge in [-0.05, 0) is 24.1 Å². The lowest BCUT2D eigenvalue weighted by atomic mass is 10.0. The second-order valence-corrected chi connectivity index (χ2v) is 8.40. The van der Waals surface area contributed by atoms with E-state index in [1.165, 1.54) is 29.0 Å². The van der Waals surface area contributed by atoms with Gasteiger partial charge >= 0.3 is 0 Å². The van der Waals surface area contributed by atoms with E-state index in [0.717, 1.165) is 63.3 Å². The maximum atomic E-state index is 13.4. The number of rotatable bonds is 5. The minimum atomic E-state index is -2.87. The summed E-state index contributed by atoms with van der Waals surface area (Å²) in [5, 5.41) is 9.22. The van der Waals surface area contributed by atoms with Gasteiger partial charge in [-0.1, -0.05) is 42.5 Å². The number of alkyl halides is 2. The van der Waals surface area contributed by atoms with E-state index < -0.39 is 5.92 Å². The number of piperazine rings is 1. The number of aromatic nitrogens is 3. The van der Waals surface area contributed by atoms with Crippen LogP contribution in [-0.4, -0.2) is 41.4 Å². The van der Waals surface area contributed by atoms with Gasteiger partial charge in [-0.25, -0.2) is 13.8 Å². The zero-order valence-electron chi connectivity index (χ0n) is 18.0. The van der Waals surface area contributed by atoms with Gasteiger partial charge in [0.2, 0.25) is 0 Å². The SMILES string of the molecule is CC(F)(F)c1ccc(N2CCN(c3nnc(Cc4ccccc4)c4c3CC=C4)CC2)nc1. The van der Waals surface area contributed by atoms with Crippen molar-refractivity contribution in [1.82, 2.24) is 15.2 Å². The summed E-state index contributed by atoms with van der Waals surface area (Å²) in [5.74, 6) is -1.19. The molecule has 32 heavy (non-hydrogen) atoms. The van der Waals surface area contributed by atoms with Crippen molar-refractivity contribution >= 4 is 17.7 Å². The molecule has 0 radical (unpaired) electrons. The summed E-state index contributed by atoms with van der Waals surface area (Å²) in [4.78, 5) is 8.67. The van der Waals surface area contributed by atoms with E-state index in [9.17, 15) is 8.78 Å². The van der Waals surface area contributed by atoms with Crippen LogP contribution in [0.15, 0.2) is 54.7 Å². The van der Waals surface area contributed by atoms with Crippen LogP contribution in [0.1, 0.15) is 34.9 Å². The Morgan fingerprint density at radius 3 is 2.38 bits per heavy atom. The van der Waals surface area contributed by atoms with Crippen LogP contribution in [0.3, 0.4) is 0 Å². The van der Waals surface area contributed by atoms with Crippen LogP contribution >= 0.6 is 0 Å². The van der Waals surface area contributed by atoms with Gasteiger partial charge in [-0.2, -0.15) is 5.10 Å². The van der Waals surface area contributed by atoms with Gasteiger partial charge in [0.1, 0.15) is 5.82 Å². The summed E-state index contributed by atoms with van der Waals surface area (Å²) in [6.45, 7) is 3.97. The molecule has 5 nitrogen and oxygen atoms in total. The number of fused-ring (bicyclic) bond motifs is 1. The predicted molar refractivity (Wildman–Crippen MR) is 122 cm³/mol. The normalized spacial score (nSPS) is 15.8. The van der Waals surface area contributed by atoms with Gasteiger partial charge in [0.15, 0.2) is 5.82 Å². The molecule has 7 heteroatoms. The highest BCUT2D eigenvalue weighted by molar-refractivity contribution is 5.69. The monoisotopic (exact) mass is 433 g/mol. The first-order valence-corrected chi connectivity index (χ1v) is 10.9. The predicted octanol–water partition coefficient (Wildman–Crippen LogP) is 4.47. The number of benzene rings is 1. The Kier molecular flexibility index (Phi) is 5.33. The third-order valence-corrected chi connectivity index (χ3v) is 6.15. The zero-order valence-corrected chi connectivity index (χ0v) is 18.0. The summed E-state index contributed by atoms with van der Waals surface area (Å²) in [7, 11) is 0. The van der Waals surface area contributed by atoms with Gasteiger partial charge in [0.25, 0.3) is 5.92 Å². The Morgan fingerprint density at radius 2 is 1.69 bits per heavy atom. The van der Waals surface area contributed by atoms with E-state index in [2.05, 4.69) is 49.3 Å². The molecule has 1 fully saturated rings. The van der Waals surface area contributed by atoms with Crippen LogP contribution in [0.25, 0.3) is 6.08 Å². The molecule has 0 saturated carbocycles. The smallest absolute Gasteiger partial charge is 0.272 e. The molecule has 1 saturated heterocycles. The topological polar surface area (TPSA) is 45.2 Å². The Labute approximate surface area is 186 Å². The minimum Gasteiger partial charge on any atom is -0.353 e. The van der Waals surface area contributed by atoms with E-state index in [1.807, 2.05) is 18.2 Å². The van der Waals surface area contributed by atoms with E-state index in [4.69, 9.17) is 0 Å². The van der Waals surface area contributed by atoms with Crippen LogP contribution in [-0.2, 0) is 18.8 Å². The summed E-state index contributed by atoms with van der Waals surface area (Å²) >= 11 is 0. The lowest BCUT2D eigenvalue weighted by Gasteiger charge is -2.36. The number of hydrogen-bond donors (Lipinski definition) is 0. The van der Waals surface area contributed by atoms with E-state index in [-0.39, 0.29) is 5.56 Å². The molecule has 2 aromatic heterocycles. The molecule has 0 atom stereocenters. The maximum absolute atomic E-state index is 13.4. The first-order valence-electron chi connectivity index (χ1n) is 10.9. The van der Waals surface area contributed by atoms with Gasteiger partial charge in [0.05, 0.1) is 5.69 Å². The molecule has 0 bridgehead atoms. The fourth-order valence-electron chi connectivity index (χ4n) is 4.36. The lowest BCUT2D eigenvalue weighted by molar-refractivity contribution is 0.0171. The van der Waals surface area contributed by atoms with Crippen molar-refractivity contribution in [3.8, 4) is 0 Å². The van der Waals surface area contributed by atoms with E-state index >= 15 is 0 Å². The average Bonchev–Trinajstić information content (AvgIpc) is 3.30. The van der Waals surface area contributed by atoms with Crippen molar-refractivity contribution < 1.29 is 8.78 Å². The Morgan fingerprint density at radius 1 is 0.938 bits per heavy atom. The molecule has 0 amide bonds.